The van der Waals surface area contributed by atoms with Gasteiger partial charge in [-0.15, -0.1) is 0 Å². The van der Waals surface area contributed by atoms with Gasteiger partial charge in [0.15, 0.2) is 11.5 Å². The highest BCUT2D eigenvalue weighted by Crippen LogP contribution is 2.47. The molecular formula is C32H24N2O6S. The molecule has 0 aliphatic carbocycles. The largest absolute Gasteiger partial charge is 0.489 e. The number of rotatable bonds is 7. The van der Waals surface area contributed by atoms with Crippen molar-refractivity contribution in [1.29, 1.82) is 0 Å². The number of benzene rings is 4. The molecule has 5 aromatic rings. The van der Waals surface area contributed by atoms with Crippen molar-refractivity contribution in [2.75, 3.05) is 13.2 Å². The van der Waals surface area contributed by atoms with E-state index >= 15 is 0 Å². The predicted octanol–water partition coefficient (Wildman–Crippen LogP) is 5.44. The van der Waals surface area contributed by atoms with Gasteiger partial charge in [0.25, 0.3) is 5.79 Å². The summed E-state index contributed by atoms with van der Waals surface area (Å²) < 4.78 is 31.7. The minimum atomic E-state index is -2.01. The van der Waals surface area contributed by atoms with Crippen molar-refractivity contribution in [3.8, 4) is 17.2 Å². The molecule has 0 bridgehead atoms. The molecule has 9 heteroatoms. The molecule has 7 rings (SSSR count). The van der Waals surface area contributed by atoms with Crippen molar-refractivity contribution in [3.63, 3.8) is 0 Å². The molecule has 2 aliphatic rings. The highest BCUT2D eigenvalue weighted by Gasteiger charge is 2.48. The van der Waals surface area contributed by atoms with Crippen LogP contribution in [0.15, 0.2) is 96.6 Å². The molecular weight excluding hydrogens is 540 g/mol. The summed E-state index contributed by atoms with van der Waals surface area (Å²) in [5, 5.41) is 12.1. The first-order chi connectivity index (χ1) is 20.1. The molecule has 8 nitrogen and oxygen atoms in total. The second-order valence-corrected chi connectivity index (χ2v) is 10.3. The molecule has 2 aliphatic heterocycles. The van der Waals surface area contributed by atoms with Crippen LogP contribution in [-0.2, 0) is 28.3 Å². The van der Waals surface area contributed by atoms with E-state index in [2.05, 4.69) is 8.75 Å². The first-order valence-electron chi connectivity index (χ1n) is 13.1. The Labute approximate surface area is 239 Å². The predicted molar refractivity (Wildman–Crippen MR) is 153 cm³/mol. The Morgan fingerprint density at radius 2 is 1.61 bits per heavy atom. The van der Waals surface area contributed by atoms with Gasteiger partial charge in [0.2, 0.25) is 0 Å². The molecule has 1 N–H and O–H groups in total. The summed E-state index contributed by atoms with van der Waals surface area (Å²) in [4.78, 5) is 13.5. The number of aliphatic hydroxyl groups is 1. The third kappa shape index (κ3) is 4.79. The third-order valence-electron chi connectivity index (χ3n) is 7.18. The molecule has 0 radical (unpaired) electrons. The highest BCUT2D eigenvalue weighted by atomic mass is 32.1. The molecule has 0 saturated heterocycles. The van der Waals surface area contributed by atoms with E-state index in [0.717, 1.165) is 28.4 Å². The topological polar surface area (TPSA) is 100 Å². The van der Waals surface area contributed by atoms with Crippen LogP contribution in [-0.4, -0.2) is 33.0 Å². The molecule has 204 valence electrons. The van der Waals surface area contributed by atoms with Crippen molar-refractivity contribution >= 4 is 34.3 Å². The number of carbonyl (C=O) groups is 1. The summed E-state index contributed by atoms with van der Waals surface area (Å²) in [6.45, 7) is 1.29. The summed E-state index contributed by atoms with van der Waals surface area (Å²) >= 11 is 1.10. The van der Waals surface area contributed by atoms with Gasteiger partial charge >= 0.3 is 5.97 Å². The Bertz CT molecular complexity index is 1780. The van der Waals surface area contributed by atoms with E-state index in [0.29, 0.717) is 64.9 Å². The summed E-state index contributed by atoms with van der Waals surface area (Å²) in [6, 6.07) is 28.0. The number of hydrogen-bond donors (Lipinski definition) is 1. The fourth-order valence-electron chi connectivity index (χ4n) is 5.11. The van der Waals surface area contributed by atoms with E-state index in [1.165, 1.54) is 0 Å². The van der Waals surface area contributed by atoms with Crippen molar-refractivity contribution in [1.82, 2.24) is 8.75 Å². The van der Waals surface area contributed by atoms with Gasteiger partial charge in [-0.05, 0) is 59.2 Å². The monoisotopic (exact) mass is 564 g/mol. The highest BCUT2D eigenvalue weighted by molar-refractivity contribution is 7.00. The number of aromatic nitrogens is 2. The van der Waals surface area contributed by atoms with Crippen molar-refractivity contribution in [3.05, 3.63) is 119 Å². The SMILES string of the molecule is O=C1OC(O)(c2ccc3c(c2)OCCO3)C(Cc2ccc(OCc3ccccc3)cc2)=C1c1ccc2nsnc2c1. The van der Waals surface area contributed by atoms with Crippen LogP contribution in [0.3, 0.4) is 0 Å². The van der Waals surface area contributed by atoms with Crippen LogP contribution < -0.4 is 14.2 Å². The number of nitrogens with zero attached hydrogens (tertiary/aromatic N) is 2. The minimum Gasteiger partial charge on any atom is -0.489 e. The number of carbonyl (C=O) groups excluding carboxylic acids is 1. The van der Waals surface area contributed by atoms with E-state index in [-0.39, 0.29) is 6.42 Å². The van der Waals surface area contributed by atoms with Crippen LogP contribution in [0.2, 0.25) is 0 Å². The maximum atomic E-state index is 13.5. The van der Waals surface area contributed by atoms with Gasteiger partial charge in [0.05, 0.1) is 17.3 Å². The van der Waals surface area contributed by atoms with Crippen molar-refractivity contribution < 1.29 is 28.8 Å². The fourth-order valence-corrected chi connectivity index (χ4v) is 5.63. The zero-order valence-corrected chi connectivity index (χ0v) is 22.6. The summed E-state index contributed by atoms with van der Waals surface area (Å²) in [5.41, 5.74) is 5.03. The van der Waals surface area contributed by atoms with E-state index in [9.17, 15) is 9.90 Å². The Morgan fingerprint density at radius 3 is 2.44 bits per heavy atom. The van der Waals surface area contributed by atoms with Crippen LogP contribution in [0.4, 0.5) is 0 Å². The third-order valence-corrected chi connectivity index (χ3v) is 7.74. The normalized spacial score (nSPS) is 18.0. The lowest BCUT2D eigenvalue weighted by Crippen LogP contribution is -2.30. The summed E-state index contributed by atoms with van der Waals surface area (Å²) in [5.74, 6) is -0.857. The standard InChI is InChI=1S/C32H24N2O6S/c35-31-30(22-8-12-26-27(17-22)34-41-33-26)25(32(36,40-31)23-9-13-28-29(18-23)38-15-14-37-28)16-20-6-10-24(11-7-20)39-19-21-4-2-1-3-5-21/h1-13,17-18,36H,14-16,19H2. The molecule has 41 heavy (non-hydrogen) atoms. The number of esters is 1. The smallest absolute Gasteiger partial charge is 0.342 e. The number of hydrogen-bond acceptors (Lipinski definition) is 9. The molecule has 1 atom stereocenters. The lowest BCUT2D eigenvalue weighted by molar-refractivity contribution is -0.185. The molecule has 1 unspecified atom stereocenters. The zero-order valence-electron chi connectivity index (χ0n) is 21.8. The summed E-state index contributed by atoms with van der Waals surface area (Å²) in [6.07, 6.45) is 0.248. The van der Waals surface area contributed by atoms with Gasteiger partial charge < -0.3 is 24.1 Å². The van der Waals surface area contributed by atoms with Gasteiger partial charge in [-0.1, -0.05) is 48.5 Å². The molecule has 0 spiro atoms. The second kappa shape index (κ2) is 10.3. The maximum absolute atomic E-state index is 13.5. The lowest BCUT2D eigenvalue weighted by atomic mass is 9.88. The van der Waals surface area contributed by atoms with E-state index in [1.807, 2.05) is 60.7 Å². The quantitative estimate of drug-likeness (QED) is 0.261. The summed E-state index contributed by atoms with van der Waals surface area (Å²) in [7, 11) is 0. The maximum Gasteiger partial charge on any atom is 0.342 e. The lowest BCUT2D eigenvalue weighted by Gasteiger charge is -2.27. The fraction of sp³-hybridized carbons (Fsp3) is 0.156. The first kappa shape index (κ1) is 25.3. The molecule has 4 aromatic carbocycles. The van der Waals surface area contributed by atoms with Crippen LogP contribution in [0.25, 0.3) is 16.6 Å². The molecule has 1 aromatic heterocycles. The Morgan fingerprint density at radius 1 is 0.829 bits per heavy atom. The van der Waals surface area contributed by atoms with Gasteiger partial charge in [0, 0.05) is 17.6 Å². The van der Waals surface area contributed by atoms with Gasteiger partial charge in [0.1, 0.15) is 36.6 Å². The Balaban J connectivity index is 1.26. The Hall–Kier alpha value is -4.73. The number of ether oxygens (including phenoxy) is 4. The van der Waals surface area contributed by atoms with Crippen LogP contribution in [0.5, 0.6) is 17.2 Å². The first-order valence-corrected chi connectivity index (χ1v) is 13.9. The molecule has 3 heterocycles. The van der Waals surface area contributed by atoms with E-state index < -0.39 is 11.8 Å². The van der Waals surface area contributed by atoms with Crippen LogP contribution >= 0.6 is 11.7 Å². The van der Waals surface area contributed by atoms with Crippen LogP contribution in [0, 0.1) is 0 Å². The van der Waals surface area contributed by atoms with Gasteiger partial charge in [-0.25, -0.2) is 4.79 Å². The molecule has 0 fully saturated rings. The number of cyclic esters (lactones) is 1. The van der Waals surface area contributed by atoms with Crippen LogP contribution in [0.1, 0.15) is 22.3 Å². The second-order valence-electron chi connectivity index (χ2n) is 9.81. The molecule has 0 saturated carbocycles. The molecule has 0 amide bonds. The van der Waals surface area contributed by atoms with Gasteiger partial charge in [-0.3, -0.25) is 0 Å². The van der Waals surface area contributed by atoms with Crippen molar-refractivity contribution in [2.24, 2.45) is 0 Å². The number of fused-ring (bicyclic) bond motifs is 2. The van der Waals surface area contributed by atoms with Gasteiger partial charge in [-0.2, -0.15) is 8.75 Å². The average Bonchev–Trinajstić information content (AvgIpc) is 3.58. The van der Waals surface area contributed by atoms with Crippen molar-refractivity contribution in [2.45, 2.75) is 18.8 Å². The van der Waals surface area contributed by atoms with E-state index in [1.54, 1.807) is 30.3 Å². The zero-order chi connectivity index (χ0) is 27.8. The average molecular weight is 565 g/mol. The minimum absolute atomic E-state index is 0.248. The Kier molecular flexibility index (Phi) is 6.37. The van der Waals surface area contributed by atoms with E-state index in [4.69, 9.17) is 18.9 Å².